The molecule has 0 saturated carbocycles. The molecule has 0 aromatic heterocycles. The lowest BCUT2D eigenvalue weighted by Gasteiger charge is -2.43. The van der Waals surface area contributed by atoms with Crippen molar-refractivity contribution < 1.29 is 27.5 Å². The van der Waals surface area contributed by atoms with Crippen LogP contribution in [0.15, 0.2) is 47.1 Å². The summed E-state index contributed by atoms with van der Waals surface area (Å²) in [5.74, 6) is -1.32. The van der Waals surface area contributed by atoms with Crippen molar-refractivity contribution in [3.63, 3.8) is 0 Å². The molecular formula is C17H16F4N2O2. The molecule has 2 aliphatic rings. The van der Waals surface area contributed by atoms with Crippen molar-refractivity contribution in [1.82, 2.24) is 5.06 Å². The normalized spacial score (nSPS) is 22.5. The van der Waals surface area contributed by atoms with Crippen molar-refractivity contribution >= 4 is 11.5 Å². The van der Waals surface area contributed by atoms with Gasteiger partial charge in [-0.25, -0.2) is 14.4 Å². The van der Waals surface area contributed by atoms with Crippen molar-refractivity contribution in [2.45, 2.75) is 25.6 Å². The Morgan fingerprint density at radius 2 is 2.04 bits per heavy atom. The summed E-state index contributed by atoms with van der Waals surface area (Å²) in [7, 11) is 0. The number of nitrogens with zero attached hydrogens (tertiary/aromatic N) is 2. The Labute approximate surface area is 141 Å². The maximum atomic E-state index is 14.3. The van der Waals surface area contributed by atoms with Crippen LogP contribution in [0.5, 0.6) is 0 Å². The number of alkyl halides is 3. The molecule has 0 spiro atoms. The predicted molar refractivity (Wildman–Crippen MR) is 82.9 cm³/mol. The molecule has 1 unspecified atom stereocenters. The average molecular weight is 356 g/mol. The highest BCUT2D eigenvalue weighted by molar-refractivity contribution is 6.05. The Kier molecular flexibility index (Phi) is 4.20. The Balaban J connectivity index is 2.32. The van der Waals surface area contributed by atoms with Crippen molar-refractivity contribution in [2.75, 3.05) is 6.61 Å². The number of fused-ring (bicyclic) bond motifs is 2. The molecule has 1 N–H and O–H groups in total. The molecule has 8 heteroatoms. The molecule has 1 aromatic rings. The summed E-state index contributed by atoms with van der Waals surface area (Å²) < 4.78 is 62.0. The van der Waals surface area contributed by atoms with Crippen LogP contribution >= 0.6 is 0 Å². The standard InChI is InChI=1S/C17H16F4N2O2/c1-10(2)9-25-16(17(19,20)21)12-4-3-7-23(24)15(12)22-14-6-5-11(18)8-13(14)16/h3-8,10,24H,9H2,1-2H3. The smallest absolute Gasteiger partial charge is 0.356 e. The monoisotopic (exact) mass is 356 g/mol. The van der Waals surface area contributed by atoms with Gasteiger partial charge in [0.2, 0.25) is 5.60 Å². The molecule has 2 aliphatic heterocycles. The average Bonchev–Trinajstić information content (AvgIpc) is 2.51. The zero-order valence-corrected chi connectivity index (χ0v) is 13.5. The number of aliphatic imine (C=N–C) groups is 1. The number of amidine groups is 1. The zero-order valence-electron chi connectivity index (χ0n) is 13.5. The van der Waals surface area contributed by atoms with E-state index in [-0.39, 0.29) is 29.6 Å². The second-order valence-electron chi connectivity index (χ2n) is 6.25. The number of rotatable bonds is 3. The summed E-state index contributed by atoms with van der Waals surface area (Å²) in [5.41, 5.74) is -3.84. The maximum absolute atomic E-state index is 14.3. The number of hydroxylamine groups is 2. The largest absolute Gasteiger partial charge is 0.426 e. The Morgan fingerprint density at radius 3 is 2.68 bits per heavy atom. The van der Waals surface area contributed by atoms with Gasteiger partial charge in [-0.05, 0) is 30.2 Å². The first-order chi connectivity index (χ1) is 11.7. The quantitative estimate of drug-likeness (QED) is 0.814. The van der Waals surface area contributed by atoms with Crippen LogP contribution in [0.3, 0.4) is 0 Å². The van der Waals surface area contributed by atoms with Gasteiger partial charge in [-0.2, -0.15) is 13.2 Å². The molecule has 0 fully saturated rings. The van der Waals surface area contributed by atoms with E-state index in [0.717, 1.165) is 18.2 Å². The fraction of sp³-hybridized carbons (Fsp3) is 0.353. The van der Waals surface area contributed by atoms with E-state index in [1.807, 2.05) is 0 Å². The lowest BCUT2D eigenvalue weighted by Crippen LogP contribution is -2.52. The summed E-state index contributed by atoms with van der Waals surface area (Å²) in [6.45, 7) is 3.21. The van der Waals surface area contributed by atoms with Crippen LogP contribution in [-0.4, -0.2) is 28.9 Å². The molecule has 1 aromatic carbocycles. The Hall–Kier alpha value is -2.19. The van der Waals surface area contributed by atoms with Crippen molar-refractivity contribution in [1.29, 1.82) is 0 Å². The van der Waals surface area contributed by atoms with E-state index >= 15 is 0 Å². The number of benzene rings is 1. The van der Waals surface area contributed by atoms with Crippen LogP contribution in [-0.2, 0) is 10.3 Å². The van der Waals surface area contributed by atoms with E-state index in [9.17, 15) is 22.8 Å². The molecule has 2 heterocycles. The van der Waals surface area contributed by atoms with Gasteiger partial charge in [0.15, 0.2) is 5.84 Å². The molecule has 0 bridgehead atoms. The molecule has 4 nitrogen and oxygen atoms in total. The molecule has 0 amide bonds. The highest BCUT2D eigenvalue weighted by Crippen LogP contribution is 2.54. The first kappa shape index (κ1) is 17.6. The summed E-state index contributed by atoms with van der Waals surface area (Å²) in [5, 5.41) is 10.4. The number of halogens is 4. The highest BCUT2D eigenvalue weighted by Gasteiger charge is 2.63. The zero-order chi connectivity index (χ0) is 18.4. The summed E-state index contributed by atoms with van der Waals surface area (Å²) in [4.78, 5) is 4.05. The minimum atomic E-state index is -4.90. The second kappa shape index (κ2) is 5.96. The van der Waals surface area contributed by atoms with Gasteiger partial charge in [-0.3, -0.25) is 5.21 Å². The summed E-state index contributed by atoms with van der Waals surface area (Å²) in [6, 6.07) is 2.94. The van der Waals surface area contributed by atoms with Gasteiger partial charge in [0.05, 0.1) is 12.3 Å². The molecule has 0 radical (unpaired) electrons. The van der Waals surface area contributed by atoms with E-state index in [1.165, 1.54) is 18.4 Å². The second-order valence-corrected chi connectivity index (χ2v) is 6.25. The fourth-order valence-corrected chi connectivity index (χ4v) is 2.86. The van der Waals surface area contributed by atoms with Crippen LogP contribution in [0.2, 0.25) is 0 Å². The number of allylic oxidation sites excluding steroid dienone is 2. The highest BCUT2D eigenvalue weighted by atomic mass is 19.4. The molecule has 1 atom stereocenters. The van der Waals surface area contributed by atoms with Gasteiger partial charge >= 0.3 is 6.18 Å². The van der Waals surface area contributed by atoms with Gasteiger partial charge in [-0.1, -0.05) is 19.9 Å². The van der Waals surface area contributed by atoms with E-state index in [4.69, 9.17) is 4.74 Å². The van der Waals surface area contributed by atoms with Gasteiger partial charge in [0.25, 0.3) is 0 Å². The van der Waals surface area contributed by atoms with E-state index in [2.05, 4.69) is 4.99 Å². The minimum Gasteiger partial charge on any atom is -0.356 e. The number of hydrogen-bond donors (Lipinski definition) is 1. The van der Waals surface area contributed by atoms with Crippen LogP contribution in [0.1, 0.15) is 19.4 Å². The van der Waals surface area contributed by atoms with Crippen molar-refractivity contribution in [2.24, 2.45) is 10.9 Å². The minimum absolute atomic E-state index is 0.107. The molecule has 0 aliphatic carbocycles. The molecular weight excluding hydrogens is 340 g/mol. The SMILES string of the molecule is CC(C)COC1(C(F)(F)F)C2=CC=CN(O)C2=Nc2ccc(F)cc21. The van der Waals surface area contributed by atoms with Crippen LogP contribution in [0, 0.1) is 11.7 Å². The van der Waals surface area contributed by atoms with Gasteiger partial charge < -0.3 is 4.74 Å². The third-order valence-electron chi connectivity index (χ3n) is 3.92. The van der Waals surface area contributed by atoms with E-state index in [0.29, 0.717) is 5.06 Å². The lowest BCUT2D eigenvalue weighted by atomic mass is 9.80. The van der Waals surface area contributed by atoms with Crippen molar-refractivity contribution in [3.8, 4) is 0 Å². The Bertz CT molecular complexity index is 783. The summed E-state index contributed by atoms with van der Waals surface area (Å²) >= 11 is 0. The number of hydrogen-bond acceptors (Lipinski definition) is 4. The molecule has 0 saturated heterocycles. The first-order valence-electron chi connectivity index (χ1n) is 7.63. The fourth-order valence-electron chi connectivity index (χ4n) is 2.86. The van der Waals surface area contributed by atoms with E-state index < -0.39 is 23.2 Å². The van der Waals surface area contributed by atoms with Crippen molar-refractivity contribution in [3.05, 3.63) is 53.5 Å². The Morgan fingerprint density at radius 1 is 1.32 bits per heavy atom. The van der Waals surface area contributed by atoms with Gasteiger partial charge in [0, 0.05) is 17.3 Å². The predicted octanol–water partition coefficient (Wildman–Crippen LogP) is 4.44. The van der Waals surface area contributed by atoms with Gasteiger partial charge in [-0.15, -0.1) is 0 Å². The molecule has 134 valence electrons. The van der Waals surface area contributed by atoms with Crippen LogP contribution in [0.4, 0.5) is 23.2 Å². The topological polar surface area (TPSA) is 45.1 Å². The van der Waals surface area contributed by atoms with Crippen LogP contribution in [0.25, 0.3) is 0 Å². The van der Waals surface area contributed by atoms with E-state index in [1.54, 1.807) is 13.8 Å². The summed E-state index contributed by atoms with van der Waals surface area (Å²) in [6.07, 6.45) is -1.31. The maximum Gasteiger partial charge on any atom is 0.426 e. The molecule has 25 heavy (non-hydrogen) atoms. The first-order valence-corrected chi connectivity index (χ1v) is 7.63. The van der Waals surface area contributed by atoms with Crippen LogP contribution < -0.4 is 0 Å². The lowest BCUT2D eigenvalue weighted by molar-refractivity contribution is -0.269. The third-order valence-corrected chi connectivity index (χ3v) is 3.92. The third kappa shape index (κ3) is 2.75. The van der Waals surface area contributed by atoms with Gasteiger partial charge in [0.1, 0.15) is 5.82 Å². The number of ether oxygens (including phenoxy) is 1. The molecule has 3 rings (SSSR count).